The molecule has 1 fully saturated rings. The molecule has 132 valence electrons. The van der Waals surface area contributed by atoms with Gasteiger partial charge in [-0.1, -0.05) is 30.3 Å². The molecule has 1 atom stereocenters. The van der Waals surface area contributed by atoms with Gasteiger partial charge >= 0.3 is 0 Å². The third kappa shape index (κ3) is 4.26. The Morgan fingerprint density at radius 1 is 1.24 bits per heavy atom. The molecule has 25 heavy (non-hydrogen) atoms. The van der Waals surface area contributed by atoms with E-state index >= 15 is 0 Å². The van der Waals surface area contributed by atoms with Crippen molar-refractivity contribution in [1.82, 2.24) is 15.1 Å². The van der Waals surface area contributed by atoms with E-state index in [2.05, 4.69) is 15.1 Å². The molecule has 2 aromatic rings. The van der Waals surface area contributed by atoms with Gasteiger partial charge in [-0.3, -0.25) is 4.79 Å². The number of piperidine rings is 1. The molecular weight excluding hydrogens is 316 g/mol. The van der Waals surface area contributed by atoms with E-state index < -0.39 is 0 Å². The molecule has 3 rings (SSSR count). The van der Waals surface area contributed by atoms with Crippen LogP contribution in [0.3, 0.4) is 0 Å². The Morgan fingerprint density at radius 3 is 2.72 bits per heavy atom. The van der Waals surface area contributed by atoms with Crippen molar-refractivity contribution in [3.05, 3.63) is 48.0 Å². The minimum Gasteiger partial charge on any atom is -0.480 e. The fourth-order valence-corrected chi connectivity index (χ4v) is 3.22. The standard InChI is InChI=1S/C19H24N4O2/c1-22(13-15-7-4-3-5-8-15)19(24)16-9-6-12-23(14-16)17-10-11-18(25-2)21-20-17/h3-5,7-8,10-11,16H,6,9,12-14H2,1-2H3. The summed E-state index contributed by atoms with van der Waals surface area (Å²) in [5, 5.41) is 8.23. The minimum atomic E-state index is -0.00800. The summed E-state index contributed by atoms with van der Waals surface area (Å²) in [6.45, 7) is 2.21. The SMILES string of the molecule is COc1ccc(N2CCCC(C(=O)N(C)Cc3ccccc3)C2)nn1. The van der Waals surface area contributed by atoms with Crippen molar-refractivity contribution < 1.29 is 9.53 Å². The van der Waals surface area contributed by atoms with Crippen LogP contribution in [0.25, 0.3) is 0 Å². The molecule has 1 aliphatic rings. The summed E-state index contributed by atoms with van der Waals surface area (Å²) < 4.78 is 5.05. The topological polar surface area (TPSA) is 58.6 Å². The van der Waals surface area contributed by atoms with Gasteiger partial charge in [0.15, 0.2) is 5.82 Å². The zero-order valence-electron chi connectivity index (χ0n) is 14.8. The van der Waals surface area contributed by atoms with E-state index in [0.29, 0.717) is 19.0 Å². The first kappa shape index (κ1) is 17.2. The fraction of sp³-hybridized carbons (Fsp3) is 0.421. The number of methoxy groups -OCH3 is 1. The first-order valence-electron chi connectivity index (χ1n) is 8.59. The summed E-state index contributed by atoms with van der Waals surface area (Å²) in [6, 6.07) is 13.8. The number of rotatable bonds is 5. The lowest BCUT2D eigenvalue weighted by atomic mass is 9.96. The second-order valence-corrected chi connectivity index (χ2v) is 6.40. The van der Waals surface area contributed by atoms with E-state index in [4.69, 9.17) is 4.74 Å². The maximum atomic E-state index is 12.8. The average molecular weight is 340 g/mol. The number of hydrogen-bond acceptors (Lipinski definition) is 5. The Morgan fingerprint density at radius 2 is 2.04 bits per heavy atom. The highest BCUT2D eigenvalue weighted by Gasteiger charge is 2.28. The zero-order chi connectivity index (χ0) is 17.6. The Hall–Kier alpha value is -2.63. The van der Waals surface area contributed by atoms with E-state index in [1.165, 1.54) is 0 Å². The number of ether oxygens (including phenoxy) is 1. The van der Waals surface area contributed by atoms with Crippen molar-refractivity contribution >= 4 is 11.7 Å². The van der Waals surface area contributed by atoms with Gasteiger partial charge < -0.3 is 14.5 Å². The first-order valence-corrected chi connectivity index (χ1v) is 8.59. The maximum absolute atomic E-state index is 12.8. The van der Waals surface area contributed by atoms with Gasteiger partial charge in [-0.2, -0.15) is 0 Å². The van der Waals surface area contributed by atoms with Crippen LogP contribution in [0.2, 0.25) is 0 Å². The van der Waals surface area contributed by atoms with Crippen LogP contribution in [0.15, 0.2) is 42.5 Å². The second kappa shape index (κ2) is 7.96. The molecule has 0 saturated carbocycles. The van der Waals surface area contributed by atoms with Crippen LogP contribution in [0.4, 0.5) is 5.82 Å². The van der Waals surface area contributed by atoms with Gasteiger partial charge in [-0.15, -0.1) is 10.2 Å². The fourth-order valence-electron chi connectivity index (χ4n) is 3.22. The average Bonchev–Trinajstić information content (AvgIpc) is 2.68. The molecule has 0 radical (unpaired) electrons. The first-order chi connectivity index (χ1) is 12.2. The Bertz CT molecular complexity index is 690. The number of amides is 1. The molecule has 1 saturated heterocycles. The molecule has 2 heterocycles. The quantitative estimate of drug-likeness (QED) is 0.836. The number of hydrogen-bond donors (Lipinski definition) is 0. The van der Waals surface area contributed by atoms with E-state index in [9.17, 15) is 4.79 Å². The lowest BCUT2D eigenvalue weighted by Crippen LogP contribution is -2.43. The predicted octanol–water partition coefficient (Wildman–Crippen LogP) is 2.36. The van der Waals surface area contributed by atoms with Gasteiger partial charge in [0.2, 0.25) is 11.8 Å². The number of anilines is 1. The van der Waals surface area contributed by atoms with E-state index in [1.54, 1.807) is 13.2 Å². The molecule has 0 bridgehead atoms. The van der Waals surface area contributed by atoms with E-state index in [-0.39, 0.29) is 11.8 Å². The molecule has 1 aromatic carbocycles. The summed E-state index contributed by atoms with van der Waals surface area (Å²) in [7, 11) is 3.45. The predicted molar refractivity (Wildman–Crippen MR) is 96.4 cm³/mol. The third-order valence-corrected chi connectivity index (χ3v) is 4.57. The summed E-state index contributed by atoms with van der Waals surface area (Å²) in [5.41, 5.74) is 1.15. The molecule has 0 aliphatic carbocycles. The Labute approximate surface area is 148 Å². The summed E-state index contributed by atoms with van der Waals surface area (Å²) in [5.74, 6) is 1.47. The van der Waals surface area contributed by atoms with Crippen LogP contribution < -0.4 is 9.64 Å². The maximum Gasteiger partial charge on any atom is 0.233 e. The van der Waals surface area contributed by atoms with Gasteiger partial charge in [-0.25, -0.2) is 0 Å². The highest BCUT2D eigenvalue weighted by molar-refractivity contribution is 5.79. The monoisotopic (exact) mass is 340 g/mol. The van der Waals surface area contributed by atoms with Crippen LogP contribution >= 0.6 is 0 Å². The molecule has 6 heteroatoms. The van der Waals surface area contributed by atoms with Crippen molar-refractivity contribution in [2.24, 2.45) is 5.92 Å². The number of carbonyl (C=O) groups excluding carboxylic acids is 1. The van der Waals surface area contributed by atoms with Crippen molar-refractivity contribution in [2.75, 3.05) is 32.1 Å². The van der Waals surface area contributed by atoms with Gasteiger partial charge in [0, 0.05) is 32.7 Å². The van der Waals surface area contributed by atoms with Crippen molar-refractivity contribution in [3.8, 4) is 5.88 Å². The van der Waals surface area contributed by atoms with Crippen LogP contribution in [-0.4, -0.2) is 48.3 Å². The number of benzene rings is 1. The van der Waals surface area contributed by atoms with Gasteiger partial charge in [-0.05, 0) is 24.5 Å². The minimum absolute atomic E-state index is 0.00800. The zero-order valence-corrected chi connectivity index (χ0v) is 14.8. The number of carbonyl (C=O) groups is 1. The van der Waals surface area contributed by atoms with Crippen LogP contribution in [0.5, 0.6) is 5.88 Å². The summed E-state index contributed by atoms with van der Waals surface area (Å²) in [6.07, 6.45) is 1.89. The number of aromatic nitrogens is 2. The molecular formula is C19H24N4O2. The van der Waals surface area contributed by atoms with Gasteiger partial charge in [0.25, 0.3) is 0 Å². The Kier molecular flexibility index (Phi) is 5.48. The van der Waals surface area contributed by atoms with Crippen molar-refractivity contribution in [1.29, 1.82) is 0 Å². The van der Waals surface area contributed by atoms with Crippen molar-refractivity contribution in [2.45, 2.75) is 19.4 Å². The molecule has 1 aliphatic heterocycles. The van der Waals surface area contributed by atoms with Crippen LogP contribution in [0.1, 0.15) is 18.4 Å². The largest absolute Gasteiger partial charge is 0.480 e. The molecule has 0 N–H and O–H groups in total. The number of nitrogens with zero attached hydrogens (tertiary/aromatic N) is 4. The molecule has 1 aromatic heterocycles. The lowest BCUT2D eigenvalue weighted by molar-refractivity contribution is -0.135. The summed E-state index contributed by atoms with van der Waals surface area (Å²) >= 11 is 0. The van der Waals surface area contributed by atoms with E-state index in [0.717, 1.165) is 30.8 Å². The third-order valence-electron chi connectivity index (χ3n) is 4.57. The normalized spacial score (nSPS) is 17.2. The molecule has 6 nitrogen and oxygen atoms in total. The van der Waals surface area contributed by atoms with Crippen LogP contribution in [0, 0.1) is 5.92 Å². The van der Waals surface area contributed by atoms with E-state index in [1.807, 2.05) is 48.3 Å². The van der Waals surface area contributed by atoms with Crippen LogP contribution in [-0.2, 0) is 11.3 Å². The molecule has 0 spiro atoms. The molecule has 1 unspecified atom stereocenters. The highest BCUT2D eigenvalue weighted by Crippen LogP contribution is 2.23. The van der Waals surface area contributed by atoms with Gasteiger partial charge in [0.1, 0.15) is 0 Å². The lowest BCUT2D eigenvalue weighted by Gasteiger charge is -2.34. The Balaban J connectivity index is 1.62. The highest BCUT2D eigenvalue weighted by atomic mass is 16.5. The van der Waals surface area contributed by atoms with Gasteiger partial charge in [0.05, 0.1) is 13.0 Å². The van der Waals surface area contributed by atoms with Crippen molar-refractivity contribution in [3.63, 3.8) is 0 Å². The summed E-state index contributed by atoms with van der Waals surface area (Å²) in [4.78, 5) is 16.8. The molecule has 1 amide bonds. The second-order valence-electron chi connectivity index (χ2n) is 6.40. The smallest absolute Gasteiger partial charge is 0.233 e.